The average Bonchev–Trinajstić information content (AvgIpc) is 3.40. The van der Waals surface area contributed by atoms with Crippen molar-refractivity contribution in [2.24, 2.45) is 0 Å². The number of sulfonamides is 1. The van der Waals surface area contributed by atoms with Gasteiger partial charge in [0.25, 0.3) is 0 Å². The lowest BCUT2D eigenvalue weighted by atomic mass is 10.1. The van der Waals surface area contributed by atoms with E-state index in [4.69, 9.17) is 9.47 Å². The van der Waals surface area contributed by atoms with Gasteiger partial charge in [0.05, 0.1) is 12.0 Å². The Bertz CT molecular complexity index is 1220. The van der Waals surface area contributed by atoms with Gasteiger partial charge in [0.1, 0.15) is 17.2 Å². The second-order valence-corrected chi connectivity index (χ2v) is 10.0. The van der Waals surface area contributed by atoms with E-state index >= 15 is 0 Å². The van der Waals surface area contributed by atoms with Crippen LogP contribution < -0.4 is 14.8 Å². The average molecular weight is 481 g/mol. The van der Waals surface area contributed by atoms with Gasteiger partial charge in [-0.15, -0.1) is 0 Å². The summed E-state index contributed by atoms with van der Waals surface area (Å²) in [7, 11) is -2.00. The molecule has 34 heavy (non-hydrogen) atoms. The molecule has 0 unspecified atom stereocenters. The maximum Gasteiger partial charge on any atom is 0.243 e. The summed E-state index contributed by atoms with van der Waals surface area (Å²) in [5.41, 5.74) is 1.34. The van der Waals surface area contributed by atoms with Crippen LogP contribution in [0.3, 0.4) is 0 Å². The number of benzene rings is 3. The first-order valence-corrected chi connectivity index (χ1v) is 12.7. The minimum atomic E-state index is -3.53. The van der Waals surface area contributed by atoms with E-state index in [0.29, 0.717) is 42.3 Å². The molecule has 0 atom stereocenters. The zero-order chi connectivity index (χ0) is 24.0. The molecule has 3 aromatic rings. The largest absolute Gasteiger partial charge is 0.496 e. The van der Waals surface area contributed by atoms with Gasteiger partial charge in [-0.3, -0.25) is 4.79 Å². The molecule has 3 aromatic carbocycles. The second-order valence-electron chi connectivity index (χ2n) is 8.07. The highest BCUT2D eigenvalue weighted by molar-refractivity contribution is 7.89. The number of carbonyl (C=O) groups excluding carboxylic acids is 1. The maximum absolute atomic E-state index is 12.9. The highest BCUT2D eigenvalue weighted by Gasteiger charge is 2.27. The number of methoxy groups -OCH3 is 1. The van der Waals surface area contributed by atoms with Gasteiger partial charge in [-0.2, -0.15) is 4.31 Å². The van der Waals surface area contributed by atoms with Crippen molar-refractivity contribution >= 4 is 21.6 Å². The summed E-state index contributed by atoms with van der Waals surface area (Å²) in [5.74, 6) is 1.80. The van der Waals surface area contributed by atoms with Crippen molar-refractivity contribution in [2.45, 2.75) is 30.6 Å². The third-order valence-corrected chi connectivity index (χ3v) is 7.59. The molecule has 1 fully saturated rings. The fourth-order valence-electron chi connectivity index (χ4n) is 3.89. The van der Waals surface area contributed by atoms with Crippen LogP contribution in [0, 0.1) is 0 Å². The van der Waals surface area contributed by atoms with E-state index in [1.54, 1.807) is 42.5 Å². The molecule has 7 nitrogen and oxygen atoms in total. The van der Waals surface area contributed by atoms with Crippen LogP contribution in [0.1, 0.15) is 24.8 Å². The lowest BCUT2D eigenvalue weighted by Crippen LogP contribution is -2.28. The number of para-hydroxylation sites is 1. The Morgan fingerprint density at radius 3 is 2.29 bits per heavy atom. The quantitative estimate of drug-likeness (QED) is 0.474. The number of nitrogens with zero attached hydrogens (tertiary/aromatic N) is 1. The predicted octanol–water partition coefficient (Wildman–Crippen LogP) is 4.84. The van der Waals surface area contributed by atoms with Crippen LogP contribution in [-0.2, 0) is 21.2 Å². The smallest absolute Gasteiger partial charge is 0.243 e. The molecule has 4 rings (SSSR count). The molecule has 8 heteroatoms. The summed E-state index contributed by atoms with van der Waals surface area (Å²) in [5, 5.41) is 2.87. The first-order chi connectivity index (χ1) is 16.5. The third kappa shape index (κ3) is 5.76. The molecule has 178 valence electrons. The van der Waals surface area contributed by atoms with Crippen molar-refractivity contribution in [3.05, 3.63) is 78.4 Å². The molecule has 1 aliphatic heterocycles. The zero-order valence-electron chi connectivity index (χ0n) is 19.1. The van der Waals surface area contributed by atoms with E-state index in [9.17, 15) is 13.2 Å². The van der Waals surface area contributed by atoms with E-state index in [2.05, 4.69) is 5.32 Å². The van der Waals surface area contributed by atoms with Crippen molar-refractivity contribution in [1.29, 1.82) is 0 Å². The van der Waals surface area contributed by atoms with Crippen molar-refractivity contribution in [1.82, 2.24) is 4.31 Å². The SMILES string of the molecule is COc1ccc(S(=O)(=O)N2CCCC2)cc1CCC(=O)Nc1ccc(Oc2ccccc2)cc1. The summed E-state index contributed by atoms with van der Waals surface area (Å²) in [4.78, 5) is 12.8. The van der Waals surface area contributed by atoms with Gasteiger partial charge in [0, 0.05) is 25.2 Å². The number of ether oxygens (including phenoxy) is 2. The van der Waals surface area contributed by atoms with Gasteiger partial charge in [0.15, 0.2) is 0 Å². The first-order valence-electron chi connectivity index (χ1n) is 11.3. The first kappa shape index (κ1) is 23.8. The lowest BCUT2D eigenvalue weighted by Gasteiger charge is -2.17. The summed E-state index contributed by atoms with van der Waals surface area (Å²) in [6.07, 6.45) is 2.29. The summed E-state index contributed by atoms with van der Waals surface area (Å²) >= 11 is 0. The summed E-state index contributed by atoms with van der Waals surface area (Å²) in [6, 6.07) is 21.4. The minimum absolute atomic E-state index is 0.174. The molecule has 1 saturated heterocycles. The lowest BCUT2D eigenvalue weighted by molar-refractivity contribution is -0.116. The Kier molecular flexibility index (Phi) is 7.49. The topological polar surface area (TPSA) is 84.9 Å². The molecule has 0 bridgehead atoms. The van der Waals surface area contributed by atoms with Crippen molar-refractivity contribution in [3.8, 4) is 17.2 Å². The number of amides is 1. The molecule has 0 aliphatic carbocycles. The Morgan fingerprint density at radius 1 is 0.941 bits per heavy atom. The molecule has 0 radical (unpaired) electrons. The van der Waals surface area contributed by atoms with E-state index in [1.165, 1.54) is 11.4 Å². The molecule has 1 amide bonds. The van der Waals surface area contributed by atoms with Gasteiger partial charge in [-0.1, -0.05) is 18.2 Å². The fourth-order valence-corrected chi connectivity index (χ4v) is 5.46. The Balaban J connectivity index is 1.37. The van der Waals surface area contributed by atoms with Crippen LogP contribution in [-0.4, -0.2) is 38.8 Å². The van der Waals surface area contributed by atoms with E-state index in [-0.39, 0.29) is 17.2 Å². The van der Waals surface area contributed by atoms with Gasteiger partial charge < -0.3 is 14.8 Å². The Hall–Kier alpha value is -3.36. The van der Waals surface area contributed by atoms with Crippen molar-refractivity contribution in [2.75, 3.05) is 25.5 Å². The highest BCUT2D eigenvalue weighted by Crippen LogP contribution is 2.28. The van der Waals surface area contributed by atoms with Crippen LogP contribution in [0.4, 0.5) is 5.69 Å². The van der Waals surface area contributed by atoms with Crippen LogP contribution in [0.15, 0.2) is 77.7 Å². The number of hydrogen-bond donors (Lipinski definition) is 1. The molecule has 1 aliphatic rings. The van der Waals surface area contributed by atoms with Crippen molar-refractivity contribution < 1.29 is 22.7 Å². The van der Waals surface area contributed by atoms with Gasteiger partial charge in [-0.05, 0) is 79.4 Å². The Morgan fingerprint density at radius 2 is 1.62 bits per heavy atom. The van der Waals surface area contributed by atoms with E-state index in [0.717, 1.165) is 18.6 Å². The molecule has 1 N–H and O–H groups in total. The molecule has 1 heterocycles. The monoisotopic (exact) mass is 480 g/mol. The molecule has 0 aromatic heterocycles. The molecular formula is C26H28N2O5S. The molecule has 0 saturated carbocycles. The van der Waals surface area contributed by atoms with Crippen LogP contribution >= 0.6 is 0 Å². The molecular weight excluding hydrogens is 452 g/mol. The fraction of sp³-hybridized carbons (Fsp3) is 0.269. The van der Waals surface area contributed by atoms with Crippen LogP contribution in [0.5, 0.6) is 17.2 Å². The van der Waals surface area contributed by atoms with Crippen molar-refractivity contribution in [3.63, 3.8) is 0 Å². The van der Waals surface area contributed by atoms with Crippen LogP contribution in [0.2, 0.25) is 0 Å². The number of aryl methyl sites for hydroxylation is 1. The second kappa shape index (κ2) is 10.7. The standard InChI is InChI=1S/C26H28N2O5S/c1-32-25-15-14-24(34(30,31)28-17-5-6-18-28)19-20(25)9-16-26(29)27-21-10-12-23(13-11-21)33-22-7-3-2-4-8-22/h2-4,7-8,10-15,19H,5-6,9,16-18H2,1H3,(H,27,29). The number of rotatable bonds is 9. The number of hydrogen-bond acceptors (Lipinski definition) is 5. The van der Waals surface area contributed by atoms with Gasteiger partial charge >= 0.3 is 0 Å². The minimum Gasteiger partial charge on any atom is -0.496 e. The highest BCUT2D eigenvalue weighted by atomic mass is 32.2. The van der Waals surface area contributed by atoms with E-state index in [1.807, 2.05) is 30.3 Å². The van der Waals surface area contributed by atoms with Gasteiger partial charge in [-0.25, -0.2) is 8.42 Å². The van der Waals surface area contributed by atoms with Gasteiger partial charge in [0.2, 0.25) is 15.9 Å². The Labute approximate surface area is 200 Å². The normalized spacial score (nSPS) is 14.0. The molecule has 0 spiro atoms. The maximum atomic E-state index is 12.9. The summed E-state index contributed by atoms with van der Waals surface area (Å²) in [6.45, 7) is 1.09. The van der Waals surface area contributed by atoms with Crippen LogP contribution in [0.25, 0.3) is 0 Å². The summed E-state index contributed by atoms with van der Waals surface area (Å²) < 4.78 is 38.5. The third-order valence-electron chi connectivity index (χ3n) is 5.69. The zero-order valence-corrected chi connectivity index (χ0v) is 19.9. The number of carbonyl (C=O) groups is 1. The number of nitrogens with one attached hydrogen (secondary N) is 1. The van der Waals surface area contributed by atoms with E-state index < -0.39 is 10.0 Å². The number of anilines is 1. The predicted molar refractivity (Wildman–Crippen MR) is 131 cm³/mol.